The Hall–Kier alpha value is -1.62. The van der Waals surface area contributed by atoms with Gasteiger partial charge in [0.05, 0.1) is 6.33 Å². The highest BCUT2D eigenvalue weighted by Gasteiger charge is 2.03. The number of hydrogen-bond acceptors (Lipinski definition) is 2. The molecule has 0 aliphatic carbocycles. The standard InChI is InChI=1S/C14H16BrN3O/c15-7-2-1-6-14(19)17-12-4-3-5-13(10-12)18-9-8-16-11-18/h3-5,8-11H,1-2,6-7H2,(H,17,19). The Labute approximate surface area is 121 Å². The first kappa shape index (κ1) is 13.8. The van der Waals surface area contributed by atoms with Crippen molar-refractivity contribution in [3.8, 4) is 5.69 Å². The van der Waals surface area contributed by atoms with E-state index >= 15 is 0 Å². The first-order valence-corrected chi connectivity index (χ1v) is 7.36. The van der Waals surface area contributed by atoms with E-state index in [0.717, 1.165) is 29.5 Å². The maximum Gasteiger partial charge on any atom is 0.224 e. The average Bonchev–Trinajstić information content (AvgIpc) is 2.93. The molecule has 0 atom stereocenters. The molecule has 0 saturated heterocycles. The second kappa shape index (κ2) is 7.09. The average molecular weight is 322 g/mol. The zero-order valence-electron chi connectivity index (χ0n) is 10.6. The summed E-state index contributed by atoms with van der Waals surface area (Å²) in [7, 11) is 0. The Kier molecular flexibility index (Phi) is 5.15. The fourth-order valence-electron chi connectivity index (χ4n) is 1.76. The molecule has 1 aromatic carbocycles. The largest absolute Gasteiger partial charge is 0.326 e. The van der Waals surface area contributed by atoms with E-state index in [1.54, 1.807) is 12.5 Å². The van der Waals surface area contributed by atoms with E-state index in [1.807, 2.05) is 35.0 Å². The number of nitrogens with zero attached hydrogens (tertiary/aromatic N) is 2. The van der Waals surface area contributed by atoms with Gasteiger partial charge in [0.2, 0.25) is 5.91 Å². The van der Waals surface area contributed by atoms with Crippen LogP contribution in [0, 0.1) is 0 Å². The normalized spacial score (nSPS) is 10.4. The van der Waals surface area contributed by atoms with E-state index in [9.17, 15) is 4.79 Å². The molecule has 19 heavy (non-hydrogen) atoms. The second-order valence-corrected chi connectivity index (χ2v) is 5.01. The zero-order chi connectivity index (χ0) is 13.5. The number of anilines is 1. The second-order valence-electron chi connectivity index (χ2n) is 4.21. The van der Waals surface area contributed by atoms with Gasteiger partial charge in [-0.3, -0.25) is 4.79 Å². The van der Waals surface area contributed by atoms with E-state index < -0.39 is 0 Å². The molecule has 2 rings (SSSR count). The van der Waals surface area contributed by atoms with E-state index in [0.29, 0.717) is 6.42 Å². The molecule has 0 bridgehead atoms. The van der Waals surface area contributed by atoms with Crippen LogP contribution >= 0.6 is 15.9 Å². The number of unbranched alkanes of at least 4 members (excludes halogenated alkanes) is 1. The number of imidazole rings is 1. The quantitative estimate of drug-likeness (QED) is 0.655. The summed E-state index contributed by atoms with van der Waals surface area (Å²) in [6.07, 6.45) is 7.81. The van der Waals surface area contributed by atoms with Crippen LogP contribution in [0.5, 0.6) is 0 Å². The van der Waals surface area contributed by atoms with Gasteiger partial charge < -0.3 is 9.88 Å². The lowest BCUT2D eigenvalue weighted by atomic mass is 10.2. The monoisotopic (exact) mass is 321 g/mol. The Morgan fingerprint density at radius 3 is 3.00 bits per heavy atom. The van der Waals surface area contributed by atoms with Crippen molar-refractivity contribution < 1.29 is 4.79 Å². The van der Waals surface area contributed by atoms with E-state index in [1.165, 1.54) is 0 Å². The van der Waals surface area contributed by atoms with Crippen molar-refractivity contribution in [1.82, 2.24) is 9.55 Å². The third kappa shape index (κ3) is 4.21. The van der Waals surface area contributed by atoms with Crippen LogP contribution in [0.4, 0.5) is 5.69 Å². The van der Waals surface area contributed by atoms with Crippen LogP contribution in [-0.4, -0.2) is 20.8 Å². The van der Waals surface area contributed by atoms with Crippen LogP contribution in [0.3, 0.4) is 0 Å². The maximum atomic E-state index is 11.7. The number of carbonyl (C=O) groups is 1. The summed E-state index contributed by atoms with van der Waals surface area (Å²) >= 11 is 3.36. The van der Waals surface area contributed by atoms with Crippen molar-refractivity contribution in [1.29, 1.82) is 0 Å². The van der Waals surface area contributed by atoms with Gasteiger partial charge in [0, 0.05) is 35.5 Å². The predicted octanol–water partition coefficient (Wildman–Crippen LogP) is 3.38. The summed E-state index contributed by atoms with van der Waals surface area (Å²) in [5, 5.41) is 3.86. The molecule has 4 nitrogen and oxygen atoms in total. The van der Waals surface area contributed by atoms with Crippen LogP contribution in [-0.2, 0) is 4.79 Å². The SMILES string of the molecule is O=C(CCCCBr)Nc1cccc(-n2ccnc2)c1. The van der Waals surface area contributed by atoms with Crippen molar-refractivity contribution in [3.63, 3.8) is 0 Å². The van der Waals surface area contributed by atoms with Crippen LogP contribution in [0.15, 0.2) is 43.0 Å². The zero-order valence-corrected chi connectivity index (χ0v) is 12.1. The van der Waals surface area contributed by atoms with Crippen LogP contribution in [0.25, 0.3) is 5.69 Å². The molecule has 2 aromatic rings. The number of carbonyl (C=O) groups excluding carboxylic acids is 1. The van der Waals surface area contributed by atoms with Crippen LogP contribution in [0.1, 0.15) is 19.3 Å². The number of alkyl halides is 1. The number of rotatable bonds is 6. The lowest BCUT2D eigenvalue weighted by Crippen LogP contribution is -2.11. The summed E-state index contributed by atoms with van der Waals surface area (Å²) in [6.45, 7) is 0. The van der Waals surface area contributed by atoms with Gasteiger partial charge >= 0.3 is 0 Å². The highest BCUT2D eigenvalue weighted by Crippen LogP contribution is 2.15. The van der Waals surface area contributed by atoms with Gasteiger partial charge in [0.25, 0.3) is 0 Å². The van der Waals surface area contributed by atoms with Crippen molar-refractivity contribution in [3.05, 3.63) is 43.0 Å². The Balaban J connectivity index is 1.97. The Morgan fingerprint density at radius 1 is 1.37 bits per heavy atom. The molecule has 100 valence electrons. The summed E-state index contributed by atoms with van der Waals surface area (Å²) in [6, 6.07) is 7.72. The predicted molar refractivity (Wildman–Crippen MR) is 79.8 cm³/mol. The molecule has 1 heterocycles. The minimum atomic E-state index is 0.0590. The first-order valence-electron chi connectivity index (χ1n) is 6.24. The highest BCUT2D eigenvalue weighted by molar-refractivity contribution is 9.09. The molecule has 5 heteroatoms. The van der Waals surface area contributed by atoms with Gasteiger partial charge in [-0.15, -0.1) is 0 Å². The number of hydrogen-bond donors (Lipinski definition) is 1. The summed E-state index contributed by atoms with van der Waals surface area (Å²) in [4.78, 5) is 15.7. The van der Waals surface area contributed by atoms with Crippen molar-refractivity contribution in [2.24, 2.45) is 0 Å². The van der Waals surface area contributed by atoms with Gasteiger partial charge in [-0.2, -0.15) is 0 Å². The number of benzene rings is 1. The third-order valence-electron chi connectivity index (χ3n) is 2.72. The minimum Gasteiger partial charge on any atom is -0.326 e. The van der Waals surface area contributed by atoms with Gasteiger partial charge in [-0.1, -0.05) is 22.0 Å². The van der Waals surface area contributed by atoms with Gasteiger partial charge in [-0.05, 0) is 31.0 Å². The fraction of sp³-hybridized carbons (Fsp3) is 0.286. The molecule has 1 amide bonds. The van der Waals surface area contributed by atoms with Gasteiger partial charge in [-0.25, -0.2) is 4.98 Å². The molecule has 0 spiro atoms. The molecule has 1 aromatic heterocycles. The molecule has 0 aliphatic heterocycles. The molecule has 0 aliphatic rings. The maximum absolute atomic E-state index is 11.7. The molecule has 0 fully saturated rings. The van der Waals surface area contributed by atoms with E-state index in [2.05, 4.69) is 26.2 Å². The third-order valence-corrected chi connectivity index (χ3v) is 3.28. The summed E-state index contributed by atoms with van der Waals surface area (Å²) in [5.74, 6) is 0.0590. The summed E-state index contributed by atoms with van der Waals surface area (Å²) in [5.41, 5.74) is 1.80. The highest BCUT2D eigenvalue weighted by atomic mass is 79.9. The molecule has 1 N–H and O–H groups in total. The van der Waals surface area contributed by atoms with Crippen LogP contribution < -0.4 is 5.32 Å². The smallest absolute Gasteiger partial charge is 0.224 e. The van der Waals surface area contributed by atoms with Crippen molar-refractivity contribution >= 4 is 27.5 Å². The lowest BCUT2D eigenvalue weighted by molar-refractivity contribution is -0.116. The number of aromatic nitrogens is 2. The minimum absolute atomic E-state index is 0.0590. The molecule has 0 radical (unpaired) electrons. The first-order chi connectivity index (χ1) is 9.29. The molecular formula is C14H16BrN3O. The van der Waals surface area contributed by atoms with Gasteiger partial charge in [0.15, 0.2) is 0 Å². The van der Waals surface area contributed by atoms with Crippen molar-refractivity contribution in [2.45, 2.75) is 19.3 Å². The number of amides is 1. The van der Waals surface area contributed by atoms with Crippen molar-refractivity contribution in [2.75, 3.05) is 10.6 Å². The number of nitrogens with one attached hydrogen (secondary N) is 1. The number of halogens is 1. The lowest BCUT2D eigenvalue weighted by Gasteiger charge is -2.07. The Bertz CT molecular complexity index is 525. The molecular weight excluding hydrogens is 306 g/mol. The Morgan fingerprint density at radius 2 is 2.26 bits per heavy atom. The fourth-order valence-corrected chi connectivity index (χ4v) is 2.16. The van der Waals surface area contributed by atoms with Gasteiger partial charge in [0.1, 0.15) is 0 Å². The topological polar surface area (TPSA) is 46.9 Å². The van der Waals surface area contributed by atoms with E-state index in [4.69, 9.17) is 0 Å². The van der Waals surface area contributed by atoms with Crippen LogP contribution in [0.2, 0.25) is 0 Å². The molecule has 0 saturated carbocycles. The molecule has 0 unspecified atom stereocenters. The summed E-state index contributed by atoms with van der Waals surface area (Å²) < 4.78 is 1.90. The van der Waals surface area contributed by atoms with E-state index in [-0.39, 0.29) is 5.91 Å².